The molecule has 5 heteroatoms. The molecule has 1 aliphatic carbocycles. The Balaban J connectivity index is 1.97. The Morgan fingerprint density at radius 1 is 1.33 bits per heavy atom. The van der Waals surface area contributed by atoms with Crippen molar-refractivity contribution in [2.24, 2.45) is 0 Å². The van der Waals surface area contributed by atoms with E-state index in [4.69, 9.17) is 11.6 Å². The molecular weight excluding hydrogens is 284 g/mol. The fourth-order valence-electron chi connectivity index (χ4n) is 2.83. The van der Waals surface area contributed by atoms with Crippen LogP contribution in [0, 0.1) is 6.92 Å². The fourth-order valence-corrected chi connectivity index (χ4v) is 3.00. The van der Waals surface area contributed by atoms with E-state index in [9.17, 15) is 0 Å². The smallest absolute Gasteiger partial charge is 0.160 e. The van der Waals surface area contributed by atoms with Crippen LogP contribution in [-0.2, 0) is 6.54 Å². The van der Waals surface area contributed by atoms with Gasteiger partial charge in [0.2, 0.25) is 0 Å². The molecule has 0 amide bonds. The molecule has 0 aliphatic heterocycles. The molecule has 4 nitrogen and oxygen atoms in total. The Morgan fingerprint density at radius 3 is 2.67 bits per heavy atom. The van der Waals surface area contributed by atoms with Gasteiger partial charge in [-0.2, -0.15) is 0 Å². The number of hydrogen-bond acceptors (Lipinski definition) is 3. The highest BCUT2D eigenvalue weighted by Gasteiger charge is 2.30. The molecule has 2 heterocycles. The summed E-state index contributed by atoms with van der Waals surface area (Å²) >= 11 is 6.33. The van der Waals surface area contributed by atoms with E-state index in [1.165, 1.54) is 12.8 Å². The molecule has 2 aromatic heterocycles. The summed E-state index contributed by atoms with van der Waals surface area (Å²) in [5.41, 5.74) is 2.90. The summed E-state index contributed by atoms with van der Waals surface area (Å²) in [7, 11) is 2.21. The maximum Gasteiger partial charge on any atom is 0.160 e. The summed E-state index contributed by atoms with van der Waals surface area (Å²) in [5.74, 6) is 0.917. The molecule has 0 saturated heterocycles. The number of alkyl halides is 1. The van der Waals surface area contributed by atoms with Crippen molar-refractivity contribution in [3.8, 4) is 0 Å². The molecule has 1 fully saturated rings. The van der Waals surface area contributed by atoms with Gasteiger partial charge < -0.3 is 4.57 Å². The predicted molar refractivity (Wildman–Crippen MR) is 86.8 cm³/mol. The molecule has 2 atom stereocenters. The van der Waals surface area contributed by atoms with Crippen molar-refractivity contribution in [2.75, 3.05) is 7.05 Å². The van der Waals surface area contributed by atoms with E-state index in [0.717, 1.165) is 35.3 Å². The summed E-state index contributed by atoms with van der Waals surface area (Å²) < 4.78 is 2.20. The van der Waals surface area contributed by atoms with Crippen molar-refractivity contribution < 1.29 is 0 Å². The maximum atomic E-state index is 6.33. The van der Waals surface area contributed by atoms with E-state index in [1.807, 2.05) is 26.0 Å². The molecule has 0 aromatic carbocycles. The zero-order valence-electron chi connectivity index (χ0n) is 13.2. The van der Waals surface area contributed by atoms with Crippen LogP contribution in [-0.4, -0.2) is 38.6 Å². The molecule has 0 radical (unpaired) electrons. The molecular formula is C16H23ClN4. The van der Waals surface area contributed by atoms with Gasteiger partial charge in [0.05, 0.1) is 5.38 Å². The van der Waals surface area contributed by atoms with Crippen molar-refractivity contribution >= 4 is 22.8 Å². The number of aromatic nitrogens is 3. The maximum absolute atomic E-state index is 6.33. The van der Waals surface area contributed by atoms with Crippen molar-refractivity contribution in [1.82, 2.24) is 19.4 Å². The molecule has 2 unspecified atom stereocenters. The van der Waals surface area contributed by atoms with Gasteiger partial charge in [-0.15, -0.1) is 11.6 Å². The molecule has 1 saturated carbocycles. The van der Waals surface area contributed by atoms with Crippen LogP contribution in [0.2, 0.25) is 0 Å². The number of nitrogens with zero attached hydrogens (tertiary/aromatic N) is 4. The lowest BCUT2D eigenvalue weighted by Gasteiger charge is -2.25. The second-order valence-corrected chi connectivity index (χ2v) is 6.89. The third kappa shape index (κ3) is 2.92. The van der Waals surface area contributed by atoms with Crippen molar-refractivity contribution in [3.05, 3.63) is 23.7 Å². The van der Waals surface area contributed by atoms with Crippen molar-refractivity contribution in [2.45, 2.75) is 57.6 Å². The monoisotopic (exact) mass is 306 g/mol. The molecule has 21 heavy (non-hydrogen) atoms. The van der Waals surface area contributed by atoms with E-state index in [2.05, 4.69) is 33.4 Å². The number of halogens is 1. The third-order valence-corrected chi connectivity index (χ3v) is 4.58. The molecule has 0 spiro atoms. The number of aryl methyl sites for hydroxylation is 1. The van der Waals surface area contributed by atoms with Crippen LogP contribution in [0.3, 0.4) is 0 Å². The summed E-state index contributed by atoms with van der Waals surface area (Å²) in [4.78, 5) is 11.8. The minimum atomic E-state index is -0.113. The number of likely N-dealkylation sites (N-methyl/N-ethyl adjacent to an activating group) is 1. The van der Waals surface area contributed by atoms with Gasteiger partial charge in [-0.25, -0.2) is 9.97 Å². The standard InChI is InChI=1S/C16H23ClN4/c1-10-5-8-14-16(18-10)21(15(19-14)12(3)17)9-11(2)20(4)13-6-7-13/h5,8,11-13H,6-7,9H2,1-4H3. The van der Waals surface area contributed by atoms with Crippen LogP contribution in [0.1, 0.15) is 43.6 Å². The van der Waals surface area contributed by atoms with Gasteiger partial charge in [-0.05, 0) is 52.8 Å². The highest BCUT2D eigenvalue weighted by atomic mass is 35.5. The van der Waals surface area contributed by atoms with E-state index in [-0.39, 0.29) is 5.38 Å². The summed E-state index contributed by atoms with van der Waals surface area (Å²) in [6.45, 7) is 7.14. The highest BCUT2D eigenvalue weighted by molar-refractivity contribution is 6.20. The fraction of sp³-hybridized carbons (Fsp3) is 0.625. The quantitative estimate of drug-likeness (QED) is 0.793. The average Bonchev–Trinajstić information content (AvgIpc) is 3.22. The van der Waals surface area contributed by atoms with Gasteiger partial charge in [0.15, 0.2) is 5.65 Å². The van der Waals surface area contributed by atoms with Gasteiger partial charge >= 0.3 is 0 Å². The lowest BCUT2D eigenvalue weighted by atomic mass is 10.2. The van der Waals surface area contributed by atoms with E-state index >= 15 is 0 Å². The lowest BCUT2D eigenvalue weighted by molar-refractivity contribution is 0.225. The normalized spacial score (nSPS) is 18.4. The Hall–Kier alpha value is -1.13. The zero-order chi connectivity index (χ0) is 15.1. The largest absolute Gasteiger partial charge is 0.310 e. The Morgan fingerprint density at radius 2 is 2.05 bits per heavy atom. The Kier molecular flexibility index (Phi) is 3.93. The first kappa shape index (κ1) is 14.8. The first-order chi connectivity index (χ1) is 9.97. The van der Waals surface area contributed by atoms with E-state index in [0.29, 0.717) is 6.04 Å². The van der Waals surface area contributed by atoms with E-state index < -0.39 is 0 Å². The predicted octanol–water partition coefficient (Wildman–Crippen LogP) is 3.52. The second kappa shape index (κ2) is 5.58. The first-order valence-corrected chi connectivity index (χ1v) is 8.10. The Bertz CT molecular complexity index is 645. The number of imidazole rings is 1. The average molecular weight is 307 g/mol. The number of hydrogen-bond donors (Lipinski definition) is 0. The van der Waals surface area contributed by atoms with Gasteiger partial charge in [0.25, 0.3) is 0 Å². The van der Waals surface area contributed by atoms with Crippen molar-refractivity contribution in [3.63, 3.8) is 0 Å². The second-order valence-electron chi connectivity index (χ2n) is 6.24. The van der Waals surface area contributed by atoms with Gasteiger partial charge in [0.1, 0.15) is 11.3 Å². The van der Waals surface area contributed by atoms with Gasteiger partial charge in [-0.1, -0.05) is 0 Å². The van der Waals surface area contributed by atoms with Gasteiger partial charge in [-0.3, -0.25) is 4.90 Å². The SMILES string of the molecule is Cc1ccc2nc(C(C)Cl)n(CC(C)N(C)C3CC3)c2n1. The van der Waals surface area contributed by atoms with E-state index in [1.54, 1.807) is 0 Å². The van der Waals surface area contributed by atoms with Crippen LogP contribution in [0.15, 0.2) is 12.1 Å². The summed E-state index contributed by atoms with van der Waals surface area (Å²) in [6, 6.07) is 5.24. The van der Waals surface area contributed by atoms with Crippen LogP contribution >= 0.6 is 11.6 Å². The number of pyridine rings is 1. The molecule has 1 aliphatic rings. The lowest BCUT2D eigenvalue weighted by Crippen LogP contribution is -2.35. The molecule has 0 N–H and O–H groups in total. The minimum absolute atomic E-state index is 0.113. The van der Waals surface area contributed by atoms with Gasteiger partial charge in [0, 0.05) is 24.3 Å². The molecule has 0 bridgehead atoms. The Labute approximate surface area is 131 Å². The van der Waals surface area contributed by atoms with Crippen LogP contribution in [0.4, 0.5) is 0 Å². The van der Waals surface area contributed by atoms with Crippen LogP contribution < -0.4 is 0 Å². The molecule has 3 rings (SSSR count). The van der Waals surface area contributed by atoms with Crippen molar-refractivity contribution in [1.29, 1.82) is 0 Å². The zero-order valence-corrected chi connectivity index (χ0v) is 13.9. The van der Waals surface area contributed by atoms with Crippen LogP contribution in [0.25, 0.3) is 11.2 Å². The summed E-state index contributed by atoms with van der Waals surface area (Å²) in [6.07, 6.45) is 2.64. The molecule has 114 valence electrons. The third-order valence-electron chi connectivity index (χ3n) is 4.38. The molecule has 2 aromatic rings. The minimum Gasteiger partial charge on any atom is -0.310 e. The van der Waals surface area contributed by atoms with Crippen LogP contribution in [0.5, 0.6) is 0 Å². The first-order valence-electron chi connectivity index (χ1n) is 7.67. The highest BCUT2D eigenvalue weighted by Crippen LogP contribution is 2.29. The summed E-state index contributed by atoms with van der Waals surface area (Å²) in [5, 5.41) is -0.113. The number of rotatable bonds is 5. The number of fused-ring (bicyclic) bond motifs is 1. The topological polar surface area (TPSA) is 34.0 Å².